The fourth-order valence-electron chi connectivity index (χ4n) is 3.00. The van der Waals surface area contributed by atoms with Crippen molar-refractivity contribution in [3.05, 3.63) is 34.9 Å². The van der Waals surface area contributed by atoms with Gasteiger partial charge in [-0.2, -0.15) is 0 Å². The van der Waals surface area contributed by atoms with Gasteiger partial charge in [-0.3, -0.25) is 4.79 Å². The third kappa shape index (κ3) is 2.72. The lowest BCUT2D eigenvalue weighted by molar-refractivity contribution is 0.0711. The number of hydrogen-bond acceptors (Lipinski definition) is 3. The van der Waals surface area contributed by atoms with Crippen molar-refractivity contribution in [2.75, 3.05) is 33.4 Å². The predicted molar refractivity (Wildman–Crippen MR) is 78.0 cm³/mol. The summed E-state index contributed by atoms with van der Waals surface area (Å²) in [4.78, 5) is 14.4. The number of nitrogens with zero attached hydrogens (tertiary/aromatic N) is 1. The zero-order valence-corrected chi connectivity index (χ0v) is 12.0. The molecule has 1 atom stereocenters. The van der Waals surface area contributed by atoms with E-state index in [2.05, 4.69) is 17.4 Å². The van der Waals surface area contributed by atoms with E-state index in [1.54, 1.807) is 0 Å². The topological polar surface area (TPSA) is 41.6 Å². The molecule has 0 aliphatic carbocycles. The molecular formula is C16H22N2O2. The largest absolute Gasteiger partial charge is 0.379 e. The molecule has 3 rings (SSSR count). The molecule has 0 spiro atoms. The fraction of sp³-hybridized carbons (Fsp3) is 0.562. The molecule has 4 nitrogen and oxygen atoms in total. The molecule has 0 bridgehead atoms. The van der Waals surface area contributed by atoms with Crippen LogP contribution in [0.15, 0.2) is 18.2 Å². The molecule has 2 heterocycles. The van der Waals surface area contributed by atoms with E-state index in [0.717, 1.165) is 44.5 Å². The number of likely N-dealkylation sites (N-methyl/N-ethyl adjacent to an activating group) is 1. The highest BCUT2D eigenvalue weighted by molar-refractivity contribution is 5.94. The lowest BCUT2D eigenvalue weighted by Crippen LogP contribution is -2.37. The Morgan fingerprint density at radius 3 is 2.85 bits per heavy atom. The van der Waals surface area contributed by atoms with Gasteiger partial charge >= 0.3 is 0 Å². The molecule has 4 heteroatoms. The zero-order valence-electron chi connectivity index (χ0n) is 12.0. The van der Waals surface area contributed by atoms with Crippen molar-refractivity contribution in [2.24, 2.45) is 0 Å². The molecule has 2 aliphatic rings. The normalized spacial score (nSPS) is 22.1. The Labute approximate surface area is 120 Å². The number of hydrogen-bond donors (Lipinski definition) is 1. The quantitative estimate of drug-likeness (QED) is 0.882. The second-order valence-electron chi connectivity index (χ2n) is 5.67. The summed E-state index contributed by atoms with van der Waals surface area (Å²) in [5.41, 5.74) is 3.50. The molecule has 2 aliphatic heterocycles. The highest BCUT2D eigenvalue weighted by Crippen LogP contribution is 2.19. The minimum atomic E-state index is 0.112. The second kappa shape index (κ2) is 5.94. The highest BCUT2D eigenvalue weighted by atomic mass is 16.5. The molecule has 1 aromatic carbocycles. The van der Waals surface area contributed by atoms with E-state index in [0.29, 0.717) is 6.61 Å². The molecule has 1 saturated heterocycles. The Morgan fingerprint density at radius 1 is 1.30 bits per heavy atom. The van der Waals surface area contributed by atoms with Crippen LogP contribution in [-0.2, 0) is 17.6 Å². The monoisotopic (exact) mass is 274 g/mol. The number of fused-ring (bicyclic) bond motifs is 1. The SMILES string of the molecule is CN(C(=O)c1ccc2c(c1)CCNCC2)C1CCOC1. The molecule has 1 N–H and O–H groups in total. The summed E-state index contributed by atoms with van der Waals surface area (Å²) < 4.78 is 5.37. The maximum Gasteiger partial charge on any atom is 0.253 e. The minimum absolute atomic E-state index is 0.112. The molecule has 20 heavy (non-hydrogen) atoms. The van der Waals surface area contributed by atoms with Crippen molar-refractivity contribution in [3.8, 4) is 0 Å². The van der Waals surface area contributed by atoms with Crippen molar-refractivity contribution >= 4 is 5.91 Å². The van der Waals surface area contributed by atoms with Gasteiger partial charge in [0.15, 0.2) is 0 Å². The minimum Gasteiger partial charge on any atom is -0.379 e. The van der Waals surface area contributed by atoms with Gasteiger partial charge in [-0.25, -0.2) is 0 Å². The van der Waals surface area contributed by atoms with Gasteiger partial charge in [0, 0.05) is 19.2 Å². The second-order valence-corrected chi connectivity index (χ2v) is 5.67. The van der Waals surface area contributed by atoms with Crippen molar-refractivity contribution in [1.29, 1.82) is 0 Å². The van der Waals surface area contributed by atoms with E-state index < -0.39 is 0 Å². The highest BCUT2D eigenvalue weighted by Gasteiger charge is 2.25. The van der Waals surface area contributed by atoms with E-state index in [4.69, 9.17) is 4.74 Å². The van der Waals surface area contributed by atoms with E-state index in [1.807, 2.05) is 18.0 Å². The average molecular weight is 274 g/mol. The van der Waals surface area contributed by atoms with Gasteiger partial charge in [-0.05, 0) is 55.6 Å². The first-order valence-corrected chi connectivity index (χ1v) is 7.43. The molecule has 1 fully saturated rings. The third-order valence-corrected chi connectivity index (χ3v) is 4.37. The van der Waals surface area contributed by atoms with Gasteiger partial charge in [0.25, 0.3) is 5.91 Å². The molecule has 108 valence electrons. The summed E-state index contributed by atoms with van der Waals surface area (Å²) in [6, 6.07) is 6.40. The van der Waals surface area contributed by atoms with Gasteiger partial charge in [0.1, 0.15) is 0 Å². The maximum absolute atomic E-state index is 12.6. The predicted octanol–water partition coefficient (Wildman–Crippen LogP) is 1.24. The summed E-state index contributed by atoms with van der Waals surface area (Å²) in [6.45, 7) is 3.45. The van der Waals surface area contributed by atoms with Crippen molar-refractivity contribution < 1.29 is 9.53 Å². The molecule has 0 radical (unpaired) electrons. The number of carbonyl (C=O) groups is 1. The molecule has 0 saturated carbocycles. The van der Waals surface area contributed by atoms with Crippen LogP contribution < -0.4 is 5.32 Å². The number of nitrogens with one attached hydrogen (secondary N) is 1. The lowest BCUT2D eigenvalue weighted by atomic mass is 9.99. The summed E-state index contributed by atoms with van der Waals surface area (Å²) >= 11 is 0. The van der Waals surface area contributed by atoms with Crippen LogP contribution in [0.25, 0.3) is 0 Å². The number of ether oxygens (including phenoxy) is 1. The summed E-state index contributed by atoms with van der Waals surface area (Å²) in [5.74, 6) is 0.112. The lowest BCUT2D eigenvalue weighted by Gasteiger charge is -2.23. The van der Waals surface area contributed by atoms with Crippen LogP contribution in [0.5, 0.6) is 0 Å². The van der Waals surface area contributed by atoms with Gasteiger partial charge in [0.05, 0.1) is 12.6 Å². The zero-order chi connectivity index (χ0) is 13.9. The molecular weight excluding hydrogens is 252 g/mol. The Morgan fingerprint density at radius 2 is 2.10 bits per heavy atom. The first kappa shape index (κ1) is 13.6. The van der Waals surface area contributed by atoms with Crippen LogP contribution >= 0.6 is 0 Å². The van der Waals surface area contributed by atoms with Crippen LogP contribution in [0.4, 0.5) is 0 Å². The van der Waals surface area contributed by atoms with Gasteiger partial charge < -0.3 is 15.0 Å². The number of amides is 1. The summed E-state index contributed by atoms with van der Waals surface area (Å²) in [6.07, 6.45) is 3.00. The van der Waals surface area contributed by atoms with Gasteiger partial charge in [-0.1, -0.05) is 6.07 Å². The smallest absolute Gasteiger partial charge is 0.253 e. The van der Waals surface area contributed by atoms with Crippen LogP contribution in [0, 0.1) is 0 Å². The van der Waals surface area contributed by atoms with E-state index >= 15 is 0 Å². The van der Waals surface area contributed by atoms with Crippen LogP contribution in [0.3, 0.4) is 0 Å². The van der Waals surface area contributed by atoms with E-state index in [9.17, 15) is 4.79 Å². The first-order chi connectivity index (χ1) is 9.75. The van der Waals surface area contributed by atoms with Crippen molar-refractivity contribution in [3.63, 3.8) is 0 Å². The first-order valence-electron chi connectivity index (χ1n) is 7.43. The van der Waals surface area contributed by atoms with Crippen LogP contribution in [0.2, 0.25) is 0 Å². The molecule has 1 aromatic rings. The summed E-state index contributed by atoms with van der Waals surface area (Å²) in [5, 5.41) is 3.40. The van der Waals surface area contributed by atoms with Crippen LogP contribution in [0.1, 0.15) is 27.9 Å². The van der Waals surface area contributed by atoms with E-state index in [-0.39, 0.29) is 11.9 Å². The summed E-state index contributed by atoms with van der Waals surface area (Å²) in [7, 11) is 1.88. The van der Waals surface area contributed by atoms with Crippen molar-refractivity contribution in [1.82, 2.24) is 10.2 Å². The number of rotatable bonds is 2. The fourth-order valence-corrected chi connectivity index (χ4v) is 3.00. The molecule has 0 aromatic heterocycles. The average Bonchev–Trinajstić information content (AvgIpc) is 2.91. The Balaban J connectivity index is 1.79. The van der Waals surface area contributed by atoms with Gasteiger partial charge in [-0.15, -0.1) is 0 Å². The van der Waals surface area contributed by atoms with E-state index in [1.165, 1.54) is 11.1 Å². The number of carbonyl (C=O) groups excluding carboxylic acids is 1. The van der Waals surface area contributed by atoms with Gasteiger partial charge in [0.2, 0.25) is 0 Å². The molecule has 1 amide bonds. The Kier molecular flexibility index (Phi) is 4.03. The molecule has 1 unspecified atom stereocenters. The van der Waals surface area contributed by atoms with Crippen LogP contribution in [-0.4, -0.2) is 50.2 Å². The van der Waals surface area contributed by atoms with Crippen molar-refractivity contribution in [2.45, 2.75) is 25.3 Å². The maximum atomic E-state index is 12.6. The Bertz CT molecular complexity index is 495. The third-order valence-electron chi connectivity index (χ3n) is 4.37. The number of benzene rings is 1. The Hall–Kier alpha value is -1.39. The standard InChI is InChI=1S/C16H22N2O2/c1-18(15-6-9-20-11-15)16(19)14-3-2-12-4-7-17-8-5-13(12)10-14/h2-3,10,15,17H,4-9,11H2,1H3.